The number of para-hydroxylation sites is 1. The monoisotopic (exact) mass is 315 g/mol. The Hall–Kier alpha value is -1.51. The molecule has 3 rings (SSSR count). The number of likely N-dealkylation sites (tertiary alicyclic amines) is 1. The second kappa shape index (κ2) is 6.72. The molecule has 1 fully saturated rings. The molecule has 0 amide bonds. The third-order valence-corrected chi connectivity index (χ3v) is 4.92. The predicted molar refractivity (Wildman–Crippen MR) is 92.2 cm³/mol. The number of hydrogen-bond acceptors (Lipinski definition) is 2. The highest BCUT2D eigenvalue weighted by Gasteiger charge is 2.21. The van der Waals surface area contributed by atoms with Gasteiger partial charge in [-0.25, -0.2) is 0 Å². The summed E-state index contributed by atoms with van der Waals surface area (Å²) < 4.78 is 6.20. The van der Waals surface area contributed by atoms with Gasteiger partial charge in [-0.05, 0) is 69.6 Å². The Labute approximate surface area is 137 Å². The fraction of sp³-hybridized carbons (Fsp3) is 0.368. The highest BCUT2D eigenvalue weighted by atomic mass is 35.5. The van der Waals surface area contributed by atoms with Crippen molar-refractivity contribution < 1.29 is 4.74 Å². The SMILES string of the molecule is Cc1c(Cl)cccc1Oc1ccccc1C1CCN(C)CC1. The van der Waals surface area contributed by atoms with Crippen molar-refractivity contribution in [1.82, 2.24) is 4.90 Å². The first-order valence-electron chi connectivity index (χ1n) is 7.85. The number of benzene rings is 2. The third kappa shape index (κ3) is 3.29. The van der Waals surface area contributed by atoms with E-state index in [1.54, 1.807) is 0 Å². The number of piperidine rings is 1. The molecule has 0 unspecified atom stereocenters. The highest BCUT2D eigenvalue weighted by Crippen LogP contribution is 2.37. The van der Waals surface area contributed by atoms with Crippen LogP contribution in [0.15, 0.2) is 42.5 Å². The van der Waals surface area contributed by atoms with Crippen molar-refractivity contribution >= 4 is 11.6 Å². The summed E-state index contributed by atoms with van der Waals surface area (Å²) in [7, 11) is 2.19. The van der Waals surface area contributed by atoms with Crippen LogP contribution in [0.4, 0.5) is 0 Å². The van der Waals surface area contributed by atoms with E-state index >= 15 is 0 Å². The molecule has 1 saturated heterocycles. The van der Waals surface area contributed by atoms with Crippen LogP contribution < -0.4 is 4.74 Å². The standard InChI is InChI=1S/C19H22ClNO/c1-14-17(20)7-5-9-18(14)22-19-8-4-3-6-16(19)15-10-12-21(2)13-11-15/h3-9,15H,10-13H2,1-2H3. The molecule has 0 spiro atoms. The van der Waals surface area contributed by atoms with Crippen molar-refractivity contribution in [2.24, 2.45) is 0 Å². The van der Waals surface area contributed by atoms with Crippen LogP contribution in [0.5, 0.6) is 11.5 Å². The molecule has 22 heavy (non-hydrogen) atoms. The van der Waals surface area contributed by atoms with Crippen LogP contribution in [-0.4, -0.2) is 25.0 Å². The van der Waals surface area contributed by atoms with Gasteiger partial charge in [-0.1, -0.05) is 35.9 Å². The minimum atomic E-state index is 0.576. The first kappa shape index (κ1) is 15.4. The highest BCUT2D eigenvalue weighted by molar-refractivity contribution is 6.31. The summed E-state index contributed by atoms with van der Waals surface area (Å²) >= 11 is 6.20. The van der Waals surface area contributed by atoms with Gasteiger partial charge < -0.3 is 9.64 Å². The Morgan fingerprint density at radius 2 is 1.68 bits per heavy atom. The Bertz CT molecular complexity index is 648. The third-order valence-electron chi connectivity index (χ3n) is 4.52. The number of hydrogen-bond donors (Lipinski definition) is 0. The molecule has 1 heterocycles. The van der Waals surface area contributed by atoms with Crippen molar-refractivity contribution in [1.29, 1.82) is 0 Å². The molecule has 2 nitrogen and oxygen atoms in total. The largest absolute Gasteiger partial charge is 0.457 e. The lowest BCUT2D eigenvalue weighted by Gasteiger charge is -2.30. The maximum Gasteiger partial charge on any atom is 0.131 e. The fourth-order valence-corrected chi connectivity index (χ4v) is 3.21. The van der Waals surface area contributed by atoms with E-state index in [0.29, 0.717) is 5.92 Å². The van der Waals surface area contributed by atoms with Crippen molar-refractivity contribution in [3.63, 3.8) is 0 Å². The van der Waals surface area contributed by atoms with E-state index < -0.39 is 0 Å². The van der Waals surface area contributed by atoms with E-state index in [1.165, 1.54) is 18.4 Å². The van der Waals surface area contributed by atoms with Crippen LogP contribution >= 0.6 is 11.6 Å². The van der Waals surface area contributed by atoms with E-state index in [9.17, 15) is 0 Å². The molecule has 0 saturated carbocycles. The molecule has 0 radical (unpaired) electrons. The van der Waals surface area contributed by atoms with Crippen LogP contribution in [0.1, 0.15) is 29.9 Å². The fourth-order valence-electron chi connectivity index (χ4n) is 3.05. The van der Waals surface area contributed by atoms with Gasteiger partial charge >= 0.3 is 0 Å². The maximum absolute atomic E-state index is 6.20. The summed E-state index contributed by atoms with van der Waals surface area (Å²) in [5.74, 6) is 2.38. The van der Waals surface area contributed by atoms with Crippen LogP contribution in [0.2, 0.25) is 5.02 Å². The molecule has 116 valence electrons. The number of ether oxygens (including phenoxy) is 1. The average molecular weight is 316 g/mol. The summed E-state index contributed by atoms with van der Waals surface area (Å²) in [4.78, 5) is 2.39. The van der Waals surface area contributed by atoms with Crippen LogP contribution in [0.25, 0.3) is 0 Å². The Morgan fingerprint density at radius 1 is 1.00 bits per heavy atom. The van der Waals surface area contributed by atoms with Gasteiger partial charge in [0.2, 0.25) is 0 Å². The first-order chi connectivity index (χ1) is 10.6. The van der Waals surface area contributed by atoms with E-state index in [-0.39, 0.29) is 0 Å². The van der Waals surface area contributed by atoms with Gasteiger partial charge in [-0.2, -0.15) is 0 Å². The van der Waals surface area contributed by atoms with Crippen molar-refractivity contribution in [2.75, 3.05) is 20.1 Å². The second-order valence-electron chi connectivity index (χ2n) is 6.08. The minimum absolute atomic E-state index is 0.576. The molecule has 0 atom stereocenters. The zero-order chi connectivity index (χ0) is 15.5. The Morgan fingerprint density at radius 3 is 2.45 bits per heavy atom. The molecule has 0 bridgehead atoms. The molecule has 1 aliphatic heterocycles. The van der Waals surface area contributed by atoms with Gasteiger partial charge in [0, 0.05) is 10.6 Å². The molecule has 3 heteroatoms. The molecule has 0 aromatic heterocycles. The molecule has 2 aromatic rings. The summed E-state index contributed by atoms with van der Waals surface area (Å²) in [5.41, 5.74) is 2.30. The normalized spacial score (nSPS) is 16.7. The van der Waals surface area contributed by atoms with E-state index in [0.717, 1.165) is 35.2 Å². The number of rotatable bonds is 3. The minimum Gasteiger partial charge on any atom is -0.457 e. The van der Waals surface area contributed by atoms with Crippen molar-refractivity contribution in [3.05, 3.63) is 58.6 Å². The molecule has 0 N–H and O–H groups in total. The Balaban J connectivity index is 1.87. The molecular weight excluding hydrogens is 294 g/mol. The number of nitrogens with zero attached hydrogens (tertiary/aromatic N) is 1. The van der Waals surface area contributed by atoms with Gasteiger partial charge in [-0.15, -0.1) is 0 Å². The summed E-state index contributed by atoms with van der Waals surface area (Å²) in [5, 5.41) is 0.745. The van der Waals surface area contributed by atoms with Gasteiger partial charge in [0.15, 0.2) is 0 Å². The molecule has 2 aromatic carbocycles. The Kier molecular flexibility index (Phi) is 4.70. The predicted octanol–water partition coefficient (Wildman–Crippen LogP) is 5.25. The lowest BCUT2D eigenvalue weighted by molar-refractivity contribution is 0.253. The van der Waals surface area contributed by atoms with Gasteiger partial charge in [0.1, 0.15) is 11.5 Å². The lowest BCUT2D eigenvalue weighted by atomic mass is 9.89. The second-order valence-corrected chi connectivity index (χ2v) is 6.49. The summed E-state index contributed by atoms with van der Waals surface area (Å²) in [6.07, 6.45) is 2.37. The van der Waals surface area contributed by atoms with Crippen molar-refractivity contribution in [3.8, 4) is 11.5 Å². The van der Waals surface area contributed by atoms with Crippen molar-refractivity contribution in [2.45, 2.75) is 25.7 Å². The van der Waals surface area contributed by atoms with E-state index in [4.69, 9.17) is 16.3 Å². The van der Waals surface area contributed by atoms with E-state index in [1.807, 2.05) is 31.2 Å². The first-order valence-corrected chi connectivity index (χ1v) is 8.23. The van der Waals surface area contributed by atoms with Gasteiger partial charge in [0.05, 0.1) is 0 Å². The summed E-state index contributed by atoms with van der Waals surface area (Å²) in [6.45, 7) is 4.29. The van der Waals surface area contributed by atoms with Gasteiger partial charge in [0.25, 0.3) is 0 Å². The zero-order valence-corrected chi connectivity index (χ0v) is 13.9. The average Bonchev–Trinajstić information content (AvgIpc) is 2.53. The molecule has 0 aliphatic carbocycles. The lowest BCUT2D eigenvalue weighted by Crippen LogP contribution is -2.29. The van der Waals surface area contributed by atoms with Crippen LogP contribution in [0.3, 0.4) is 0 Å². The van der Waals surface area contributed by atoms with Gasteiger partial charge in [-0.3, -0.25) is 0 Å². The molecular formula is C19H22ClNO. The maximum atomic E-state index is 6.20. The quantitative estimate of drug-likeness (QED) is 0.767. The van der Waals surface area contributed by atoms with Crippen LogP contribution in [0, 0.1) is 6.92 Å². The topological polar surface area (TPSA) is 12.5 Å². The van der Waals surface area contributed by atoms with E-state index in [2.05, 4.69) is 30.1 Å². The number of halogens is 1. The zero-order valence-electron chi connectivity index (χ0n) is 13.2. The molecule has 1 aliphatic rings. The smallest absolute Gasteiger partial charge is 0.131 e. The summed E-state index contributed by atoms with van der Waals surface area (Å²) in [6, 6.07) is 14.2. The van der Waals surface area contributed by atoms with Crippen LogP contribution in [-0.2, 0) is 0 Å².